The lowest BCUT2D eigenvalue weighted by Crippen LogP contribution is -2.50. The normalized spacial score (nSPS) is 19.0. The Morgan fingerprint density at radius 1 is 1.26 bits per heavy atom. The lowest BCUT2D eigenvalue weighted by Gasteiger charge is -2.38. The van der Waals surface area contributed by atoms with Gasteiger partial charge in [-0.05, 0) is 60.4 Å². The van der Waals surface area contributed by atoms with Crippen molar-refractivity contribution in [3.63, 3.8) is 0 Å². The fraction of sp³-hybridized carbons (Fsp3) is 0.500. The first-order valence-electron chi connectivity index (χ1n) is 12.7. The molecule has 0 atom stereocenters. The van der Waals surface area contributed by atoms with Crippen molar-refractivity contribution in [3.05, 3.63) is 58.9 Å². The van der Waals surface area contributed by atoms with Crippen LogP contribution < -0.4 is 10.2 Å². The van der Waals surface area contributed by atoms with Crippen LogP contribution in [0, 0.1) is 5.41 Å². The molecule has 1 aromatic carbocycles. The minimum absolute atomic E-state index is 0.0611. The van der Waals surface area contributed by atoms with Crippen molar-refractivity contribution in [1.29, 1.82) is 5.41 Å². The van der Waals surface area contributed by atoms with Crippen molar-refractivity contribution in [1.82, 2.24) is 15.1 Å². The summed E-state index contributed by atoms with van der Waals surface area (Å²) in [4.78, 5) is 18.2. The van der Waals surface area contributed by atoms with Crippen LogP contribution in [0.3, 0.4) is 0 Å². The number of fused-ring (bicyclic) bond motifs is 1. The van der Waals surface area contributed by atoms with Gasteiger partial charge in [-0.15, -0.1) is 0 Å². The van der Waals surface area contributed by atoms with E-state index in [0.717, 1.165) is 49.2 Å². The van der Waals surface area contributed by atoms with E-state index in [1.165, 1.54) is 16.7 Å². The second kappa shape index (κ2) is 11.1. The van der Waals surface area contributed by atoms with E-state index < -0.39 is 0 Å². The number of ether oxygens (including phenoxy) is 1. The summed E-state index contributed by atoms with van der Waals surface area (Å²) in [5.41, 5.74) is 6.83. The average molecular weight is 478 g/mol. The van der Waals surface area contributed by atoms with E-state index in [0.29, 0.717) is 38.2 Å². The molecule has 0 bridgehead atoms. The largest absolute Gasteiger partial charge is 0.383 e. The van der Waals surface area contributed by atoms with Crippen molar-refractivity contribution in [3.8, 4) is 0 Å². The zero-order valence-electron chi connectivity index (χ0n) is 21.6. The molecule has 0 unspecified atom stereocenters. The zero-order valence-corrected chi connectivity index (χ0v) is 21.6. The number of hydrogen-bond acceptors (Lipinski definition) is 5. The molecule has 4 rings (SSSR count). The van der Waals surface area contributed by atoms with Gasteiger partial charge in [-0.3, -0.25) is 10.2 Å². The molecule has 0 aliphatic carbocycles. The highest BCUT2D eigenvalue weighted by Gasteiger charge is 2.31. The molecule has 0 aromatic heterocycles. The molecule has 1 saturated heterocycles. The highest BCUT2D eigenvalue weighted by Crippen LogP contribution is 2.33. The third-order valence-electron chi connectivity index (χ3n) is 6.87. The van der Waals surface area contributed by atoms with Crippen molar-refractivity contribution in [2.45, 2.75) is 45.6 Å². The number of aryl methyl sites for hydroxylation is 1. The average Bonchev–Trinajstić information content (AvgIpc) is 2.82. The molecule has 0 spiro atoms. The van der Waals surface area contributed by atoms with Crippen molar-refractivity contribution in [2.24, 2.45) is 0 Å². The summed E-state index contributed by atoms with van der Waals surface area (Å²) >= 11 is 0. The molecule has 1 amide bonds. The number of allylic oxidation sites excluding steroid dienone is 3. The van der Waals surface area contributed by atoms with Gasteiger partial charge in [0.25, 0.3) is 0 Å². The number of nitrogens with one attached hydrogen (secondary N) is 2. The van der Waals surface area contributed by atoms with E-state index in [1.54, 1.807) is 6.92 Å². The topological polar surface area (TPSA) is 71.9 Å². The van der Waals surface area contributed by atoms with Crippen molar-refractivity contribution >= 4 is 23.0 Å². The van der Waals surface area contributed by atoms with Gasteiger partial charge in [0.15, 0.2) is 0 Å². The van der Waals surface area contributed by atoms with E-state index in [-0.39, 0.29) is 5.91 Å². The first kappa shape index (κ1) is 25.0. The van der Waals surface area contributed by atoms with Crippen LogP contribution in [0.5, 0.6) is 0 Å². The standard InChI is InChI=1S/C28H39N5O2/c1-5-7-21(11-14-31(3)4)22-9-10-27-23(16-22)8-6-13-33(27)28(29)25-17-32(20(2)34)15-12-26(25)30-24-18-35-19-24/h7,9-11,14,16,24,29-30H,5-6,8,12-13,15,17-19H2,1-4H3/b14-11-,21-7-,29-28?. The van der Waals surface area contributed by atoms with Gasteiger partial charge in [0.2, 0.25) is 5.91 Å². The van der Waals surface area contributed by atoms with E-state index in [2.05, 4.69) is 58.6 Å². The number of hydrogen-bond donors (Lipinski definition) is 2. The van der Waals surface area contributed by atoms with Crippen molar-refractivity contribution in [2.75, 3.05) is 51.8 Å². The molecule has 0 radical (unpaired) electrons. The van der Waals surface area contributed by atoms with Crippen LogP contribution in [0.2, 0.25) is 0 Å². The van der Waals surface area contributed by atoms with Gasteiger partial charge in [-0.1, -0.05) is 19.1 Å². The molecule has 7 nitrogen and oxygen atoms in total. The lowest BCUT2D eigenvalue weighted by atomic mass is 9.94. The van der Waals surface area contributed by atoms with Crippen LogP contribution >= 0.6 is 0 Å². The number of carbonyl (C=O) groups is 1. The maximum absolute atomic E-state index is 12.2. The molecule has 35 heavy (non-hydrogen) atoms. The Hall–Kier alpha value is -3.06. The molecule has 2 N–H and O–H groups in total. The molecular formula is C28H39N5O2. The van der Waals surface area contributed by atoms with E-state index in [4.69, 9.17) is 4.74 Å². The molecule has 3 aliphatic rings. The fourth-order valence-electron chi connectivity index (χ4n) is 4.88. The summed E-state index contributed by atoms with van der Waals surface area (Å²) in [5.74, 6) is 0.565. The Morgan fingerprint density at radius 3 is 2.71 bits per heavy atom. The SMILES string of the molecule is CC/C=C(/C=C\N(C)C)c1ccc2c(c1)CCCN2C(=N)C1=C(NC2COC2)CCN(C(C)=O)C1. The maximum Gasteiger partial charge on any atom is 0.219 e. The van der Waals surface area contributed by atoms with Gasteiger partial charge < -0.3 is 24.8 Å². The van der Waals surface area contributed by atoms with Gasteiger partial charge in [-0.2, -0.15) is 0 Å². The highest BCUT2D eigenvalue weighted by atomic mass is 16.5. The molecule has 0 saturated carbocycles. The summed E-state index contributed by atoms with van der Waals surface area (Å²) < 4.78 is 5.35. The Bertz CT molecular complexity index is 1050. The van der Waals surface area contributed by atoms with Crippen LogP contribution in [0.15, 0.2) is 47.8 Å². The predicted molar refractivity (Wildman–Crippen MR) is 143 cm³/mol. The summed E-state index contributed by atoms with van der Waals surface area (Å²) in [6.45, 7) is 7.16. The highest BCUT2D eigenvalue weighted by molar-refractivity contribution is 6.09. The molecule has 188 valence electrons. The molecule has 7 heteroatoms. The number of carbonyl (C=O) groups excluding carboxylic acids is 1. The zero-order chi connectivity index (χ0) is 24.9. The maximum atomic E-state index is 12.2. The first-order chi connectivity index (χ1) is 16.9. The number of rotatable bonds is 7. The summed E-state index contributed by atoms with van der Waals surface area (Å²) in [6.07, 6.45) is 10.2. The van der Waals surface area contributed by atoms with E-state index in [1.807, 2.05) is 19.0 Å². The lowest BCUT2D eigenvalue weighted by molar-refractivity contribution is -0.128. The molecule has 3 heterocycles. The number of nitrogens with zero attached hydrogens (tertiary/aromatic N) is 3. The van der Waals surface area contributed by atoms with Crippen molar-refractivity contribution < 1.29 is 9.53 Å². The number of amides is 1. The van der Waals surface area contributed by atoms with Crippen LogP contribution in [-0.4, -0.2) is 74.5 Å². The monoisotopic (exact) mass is 477 g/mol. The van der Waals surface area contributed by atoms with Gasteiger partial charge in [0.05, 0.1) is 25.8 Å². The Kier molecular flexibility index (Phi) is 7.96. The van der Waals surface area contributed by atoms with E-state index >= 15 is 0 Å². The van der Waals surface area contributed by atoms with Crippen LogP contribution in [0.25, 0.3) is 5.57 Å². The molecule has 1 aromatic rings. The molecular weight excluding hydrogens is 438 g/mol. The Morgan fingerprint density at radius 2 is 2.06 bits per heavy atom. The van der Waals surface area contributed by atoms with Gasteiger partial charge >= 0.3 is 0 Å². The number of anilines is 1. The van der Waals surface area contributed by atoms with Crippen LogP contribution in [0.4, 0.5) is 5.69 Å². The fourth-order valence-corrected chi connectivity index (χ4v) is 4.88. The number of amidine groups is 1. The quantitative estimate of drug-likeness (QED) is 0.355. The first-order valence-corrected chi connectivity index (χ1v) is 12.7. The number of benzene rings is 1. The van der Waals surface area contributed by atoms with Gasteiger partial charge in [-0.25, -0.2) is 0 Å². The van der Waals surface area contributed by atoms with Crippen LogP contribution in [-0.2, 0) is 16.0 Å². The summed E-state index contributed by atoms with van der Waals surface area (Å²) in [6, 6.07) is 6.93. The second-order valence-corrected chi connectivity index (χ2v) is 9.82. The summed E-state index contributed by atoms with van der Waals surface area (Å²) in [5, 5.41) is 12.8. The Balaban J connectivity index is 1.63. The third-order valence-corrected chi connectivity index (χ3v) is 6.87. The summed E-state index contributed by atoms with van der Waals surface area (Å²) in [7, 11) is 4.06. The Labute approximate surface area is 209 Å². The smallest absolute Gasteiger partial charge is 0.219 e. The minimum Gasteiger partial charge on any atom is -0.383 e. The predicted octanol–water partition coefficient (Wildman–Crippen LogP) is 3.78. The molecule has 3 aliphatic heterocycles. The third kappa shape index (κ3) is 5.78. The van der Waals surface area contributed by atoms with Gasteiger partial charge in [0.1, 0.15) is 5.84 Å². The van der Waals surface area contributed by atoms with Crippen LogP contribution in [0.1, 0.15) is 44.2 Å². The molecule has 1 fully saturated rings. The van der Waals surface area contributed by atoms with Gasteiger partial charge in [0, 0.05) is 57.5 Å². The minimum atomic E-state index is 0.0611. The van der Waals surface area contributed by atoms with E-state index in [9.17, 15) is 10.2 Å². The second-order valence-electron chi connectivity index (χ2n) is 9.82.